The second-order valence-corrected chi connectivity index (χ2v) is 5.64. The lowest BCUT2D eigenvalue weighted by Crippen LogP contribution is -2.03. The normalized spacial score (nSPS) is 11.2. The van der Waals surface area contributed by atoms with E-state index in [9.17, 15) is 0 Å². The number of rotatable bonds is 4. The number of hydrogen-bond acceptors (Lipinski definition) is 4. The molecule has 1 aromatic carbocycles. The van der Waals surface area contributed by atoms with Crippen LogP contribution < -0.4 is 4.74 Å². The van der Waals surface area contributed by atoms with Crippen LogP contribution in [0, 0.1) is 6.92 Å². The molecular formula is C14H14ClN3OS. The molecule has 4 nitrogen and oxygen atoms in total. The quantitative estimate of drug-likeness (QED) is 0.691. The molecule has 3 aromatic rings. The van der Waals surface area contributed by atoms with Crippen molar-refractivity contribution in [2.75, 3.05) is 7.11 Å². The molecule has 0 aliphatic rings. The summed E-state index contributed by atoms with van der Waals surface area (Å²) in [5, 5.41) is 0. The first kappa shape index (κ1) is 13.4. The fourth-order valence-corrected chi connectivity index (χ4v) is 3.20. The fourth-order valence-electron chi connectivity index (χ4n) is 2.23. The van der Waals surface area contributed by atoms with Gasteiger partial charge in [-0.05, 0) is 19.1 Å². The molecule has 0 aliphatic heterocycles. The number of thiazole rings is 1. The van der Waals surface area contributed by atoms with Crippen molar-refractivity contribution in [3.63, 3.8) is 0 Å². The number of para-hydroxylation sites is 1. The van der Waals surface area contributed by atoms with Crippen molar-refractivity contribution in [3.8, 4) is 5.75 Å². The van der Waals surface area contributed by atoms with Gasteiger partial charge in [0.15, 0.2) is 0 Å². The van der Waals surface area contributed by atoms with E-state index in [2.05, 4.69) is 14.5 Å². The van der Waals surface area contributed by atoms with Gasteiger partial charge >= 0.3 is 0 Å². The molecule has 0 N–H and O–H groups in total. The Morgan fingerprint density at radius 3 is 2.90 bits per heavy atom. The molecule has 0 atom stereocenters. The number of alkyl halides is 1. The molecule has 0 fully saturated rings. The highest BCUT2D eigenvalue weighted by atomic mass is 35.5. The highest BCUT2D eigenvalue weighted by Crippen LogP contribution is 2.28. The average Bonchev–Trinajstić information content (AvgIpc) is 3.03. The zero-order chi connectivity index (χ0) is 14.1. The molecule has 20 heavy (non-hydrogen) atoms. The van der Waals surface area contributed by atoms with E-state index in [0.29, 0.717) is 5.88 Å². The topological polar surface area (TPSA) is 39.9 Å². The molecule has 2 aromatic heterocycles. The van der Waals surface area contributed by atoms with Crippen molar-refractivity contribution >= 4 is 34.0 Å². The Labute approximate surface area is 126 Å². The fraction of sp³-hybridized carbons (Fsp3) is 0.286. The van der Waals surface area contributed by atoms with Crippen LogP contribution in [0.3, 0.4) is 0 Å². The van der Waals surface area contributed by atoms with E-state index in [4.69, 9.17) is 16.3 Å². The lowest BCUT2D eigenvalue weighted by atomic mass is 10.3. The lowest BCUT2D eigenvalue weighted by Gasteiger charge is -2.07. The summed E-state index contributed by atoms with van der Waals surface area (Å²) in [6.45, 7) is 2.76. The van der Waals surface area contributed by atoms with Gasteiger partial charge in [-0.15, -0.1) is 22.9 Å². The van der Waals surface area contributed by atoms with Crippen LogP contribution in [0.2, 0.25) is 0 Å². The van der Waals surface area contributed by atoms with Crippen LogP contribution in [0.5, 0.6) is 5.75 Å². The van der Waals surface area contributed by atoms with Crippen LogP contribution in [-0.4, -0.2) is 21.6 Å². The third-order valence-corrected chi connectivity index (χ3v) is 4.47. The number of aromatic nitrogens is 3. The first-order chi connectivity index (χ1) is 9.74. The Balaban J connectivity index is 2.16. The Morgan fingerprint density at radius 2 is 2.25 bits per heavy atom. The maximum absolute atomic E-state index is 6.04. The molecule has 0 amide bonds. The molecule has 0 saturated heterocycles. The highest BCUT2D eigenvalue weighted by Gasteiger charge is 2.15. The van der Waals surface area contributed by atoms with Crippen LogP contribution in [0.15, 0.2) is 23.7 Å². The van der Waals surface area contributed by atoms with Gasteiger partial charge in [0.05, 0.1) is 36.3 Å². The SMILES string of the molecule is COc1cccc2c1nc(CCl)n2Cc1scnc1C. The summed E-state index contributed by atoms with van der Waals surface area (Å²) in [6, 6.07) is 5.92. The number of imidazole rings is 1. The molecule has 3 rings (SSSR count). The van der Waals surface area contributed by atoms with Crippen LogP contribution in [0.25, 0.3) is 11.0 Å². The van der Waals surface area contributed by atoms with E-state index < -0.39 is 0 Å². The predicted molar refractivity (Wildman–Crippen MR) is 81.8 cm³/mol. The molecule has 0 bridgehead atoms. The summed E-state index contributed by atoms with van der Waals surface area (Å²) >= 11 is 7.69. The van der Waals surface area contributed by atoms with Crippen molar-refractivity contribution in [2.24, 2.45) is 0 Å². The molecule has 0 unspecified atom stereocenters. The van der Waals surface area contributed by atoms with Gasteiger partial charge in [0.2, 0.25) is 0 Å². The Hall–Kier alpha value is -1.59. The maximum Gasteiger partial charge on any atom is 0.146 e. The minimum Gasteiger partial charge on any atom is -0.494 e. The maximum atomic E-state index is 6.04. The molecule has 0 spiro atoms. The van der Waals surface area contributed by atoms with Crippen LogP contribution in [0.1, 0.15) is 16.4 Å². The summed E-state index contributed by atoms with van der Waals surface area (Å²) in [5.41, 5.74) is 4.81. The smallest absolute Gasteiger partial charge is 0.146 e. The minimum absolute atomic E-state index is 0.371. The number of benzene rings is 1. The monoisotopic (exact) mass is 307 g/mol. The number of halogens is 1. The van der Waals surface area contributed by atoms with E-state index in [0.717, 1.165) is 34.8 Å². The van der Waals surface area contributed by atoms with Gasteiger partial charge in [0.1, 0.15) is 17.1 Å². The van der Waals surface area contributed by atoms with Gasteiger partial charge in [-0.3, -0.25) is 0 Å². The first-order valence-electron chi connectivity index (χ1n) is 6.21. The Bertz CT molecular complexity index is 750. The zero-order valence-electron chi connectivity index (χ0n) is 11.3. The second-order valence-electron chi connectivity index (χ2n) is 4.44. The first-order valence-corrected chi connectivity index (χ1v) is 7.63. The van der Waals surface area contributed by atoms with Crippen molar-refractivity contribution < 1.29 is 4.74 Å². The molecule has 0 aliphatic carbocycles. The third kappa shape index (κ3) is 2.17. The number of methoxy groups -OCH3 is 1. The number of fused-ring (bicyclic) bond motifs is 1. The van der Waals surface area contributed by atoms with E-state index in [1.165, 1.54) is 4.88 Å². The van der Waals surface area contributed by atoms with Crippen LogP contribution >= 0.6 is 22.9 Å². The largest absolute Gasteiger partial charge is 0.494 e. The van der Waals surface area contributed by atoms with Gasteiger partial charge in [-0.2, -0.15) is 0 Å². The Kier molecular flexibility index (Phi) is 3.63. The van der Waals surface area contributed by atoms with E-state index in [1.807, 2.05) is 30.6 Å². The molecule has 104 valence electrons. The summed E-state index contributed by atoms with van der Waals surface area (Å²) in [6.07, 6.45) is 0. The molecule has 2 heterocycles. The van der Waals surface area contributed by atoms with Gasteiger partial charge in [0, 0.05) is 4.88 Å². The molecular weight excluding hydrogens is 294 g/mol. The van der Waals surface area contributed by atoms with Crippen LogP contribution in [0.4, 0.5) is 0 Å². The number of aryl methyl sites for hydroxylation is 1. The van der Waals surface area contributed by atoms with Gasteiger partial charge in [0.25, 0.3) is 0 Å². The third-order valence-electron chi connectivity index (χ3n) is 3.31. The second kappa shape index (κ2) is 5.42. The molecule has 6 heteroatoms. The summed E-state index contributed by atoms with van der Waals surface area (Å²) in [7, 11) is 1.65. The van der Waals surface area contributed by atoms with Crippen molar-refractivity contribution in [3.05, 3.63) is 40.1 Å². The standard InChI is InChI=1S/C14H14ClN3OS/c1-9-12(20-8-16-9)7-18-10-4-3-5-11(19-2)14(10)17-13(18)6-15/h3-5,8H,6-7H2,1-2H3. The van der Waals surface area contributed by atoms with Gasteiger partial charge < -0.3 is 9.30 Å². The van der Waals surface area contributed by atoms with E-state index >= 15 is 0 Å². The van der Waals surface area contributed by atoms with Crippen molar-refractivity contribution in [1.82, 2.24) is 14.5 Å². The lowest BCUT2D eigenvalue weighted by molar-refractivity contribution is 0.419. The number of nitrogens with zero attached hydrogens (tertiary/aromatic N) is 3. The van der Waals surface area contributed by atoms with E-state index in [-0.39, 0.29) is 0 Å². The van der Waals surface area contributed by atoms with Crippen molar-refractivity contribution in [2.45, 2.75) is 19.3 Å². The van der Waals surface area contributed by atoms with Crippen LogP contribution in [-0.2, 0) is 12.4 Å². The Morgan fingerprint density at radius 1 is 1.40 bits per heavy atom. The van der Waals surface area contributed by atoms with E-state index in [1.54, 1.807) is 18.4 Å². The molecule has 0 saturated carbocycles. The highest BCUT2D eigenvalue weighted by molar-refractivity contribution is 7.09. The van der Waals surface area contributed by atoms with Gasteiger partial charge in [-0.25, -0.2) is 9.97 Å². The number of hydrogen-bond donors (Lipinski definition) is 0. The molecule has 0 radical (unpaired) electrons. The number of ether oxygens (including phenoxy) is 1. The van der Waals surface area contributed by atoms with Gasteiger partial charge in [-0.1, -0.05) is 6.07 Å². The minimum atomic E-state index is 0.371. The summed E-state index contributed by atoms with van der Waals surface area (Å²) in [4.78, 5) is 10.1. The van der Waals surface area contributed by atoms with Crippen molar-refractivity contribution in [1.29, 1.82) is 0 Å². The predicted octanol–water partition coefficient (Wildman–Crippen LogP) is 3.60. The summed E-state index contributed by atoms with van der Waals surface area (Å²) < 4.78 is 7.50. The summed E-state index contributed by atoms with van der Waals surface area (Å²) in [5.74, 6) is 1.99. The zero-order valence-corrected chi connectivity index (χ0v) is 12.8. The average molecular weight is 308 g/mol.